The number of hydrogen-bond donors (Lipinski definition) is 1. The van der Waals surface area contributed by atoms with Crippen molar-refractivity contribution in [1.29, 1.82) is 0 Å². The largest absolute Gasteiger partial charge is 0.481 e. The molecule has 1 aromatic carbocycles. The molecule has 6 heteroatoms. The van der Waals surface area contributed by atoms with E-state index in [9.17, 15) is 14.7 Å². The van der Waals surface area contributed by atoms with Crippen LogP contribution in [0.5, 0.6) is 0 Å². The van der Waals surface area contributed by atoms with E-state index in [0.29, 0.717) is 18.5 Å². The lowest BCUT2D eigenvalue weighted by Crippen LogP contribution is -2.34. The minimum atomic E-state index is -0.855. The third-order valence-corrected chi connectivity index (χ3v) is 4.36. The maximum atomic E-state index is 12.6. The van der Waals surface area contributed by atoms with Crippen molar-refractivity contribution in [3.63, 3.8) is 0 Å². The fourth-order valence-corrected chi connectivity index (χ4v) is 2.83. The third-order valence-electron chi connectivity index (χ3n) is 4.36. The van der Waals surface area contributed by atoms with Crippen LogP contribution in [0.2, 0.25) is 0 Å². The summed E-state index contributed by atoms with van der Waals surface area (Å²) < 4.78 is 1.72. The summed E-state index contributed by atoms with van der Waals surface area (Å²) in [6.07, 6.45) is 2.32. The number of nitrogens with zero attached hydrogens (tertiary/aromatic N) is 3. The lowest BCUT2D eigenvalue weighted by atomic mass is 9.90. The van der Waals surface area contributed by atoms with Crippen LogP contribution in [0.15, 0.2) is 36.5 Å². The molecule has 2 aromatic rings. The molecule has 120 valence electrons. The first kappa shape index (κ1) is 15.3. The van der Waals surface area contributed by atoms with Crippen LogP contribution in [-0.2, 0) is 4.79 Å². The predicted octanol–water partition coefficient (Wildman–Crippen LogP) is 2.12. The lowest BCUT2D eigenvalue weighted by Gasteiger charge is -2.20. The number of hydrogen-bond acceptors (Lipinski definition) is 3. The van der Waals surface area contributed by atoms with Crippen LogP contribution in [0.4, 0.5) is 0 Å². The molecule has 2 heterocycles. The molecule has 0 spiro atoms. The van der Waals surface area contributed by atoms with Crippen molar-refractivity contribution >= 4 is 11.9 Å². The SMILES string of the molecule is Cc1ccn(-c2cccc(C(=O)N3CCC(C)(C(=O)O)C3)c2)n1. The molecule has 0 saturated carbocycles. The van der Waals surface area contributed by atoms with Gasteiger partial charge in [0.05, 0.1) is 16.8 Å². The van der Waals surface area contributed by atoms with Gasteiger partial charge in [0.25, 0.3) is 5.91 Å². The highest BCUT2D eigenvalue weighted by molar-refractivity contribution is 5.95. The number of carboxylic acid groups (broad SMARTS) is 1. The average Bonchev–Trinajstić information content (AvgIpc) is 3.14. The van der Waals surface area contributed by atoms with Crippen molar-refractivity contribution in [3.8, 4) is 5.69 Å². The minimum Gasteiger partial charge on any atom is -0.481 e. The Hall–Kier alpha value is -2.63. The molecule has 1 aliphatic rings. The summed E-state index contributed by atoms with van der Waals surface area (Å²) in [6.45, 7) is 4.30. The van der Waals surface area contributed by atoms with Crippen molar-refractivity contribution in [2.24, 2.45) is 5.41 Å². The van der Waals surface area contributed by atoms with Crippen molar-refractivity contribution < 1.29 is 14.7 Å². The van der Waals surface area contributed by atoms with Crippen LogP contribution < -0.4 is 0 Å². The van der Waals surface area contributed by atoms with Gasteiger partial charge in [-0.05, 0) is 44.5 Å². The summed E-state index contributed by atoms with van der Waals surface area (Å²) in [6, 6.07) is 9.12. The van der Waals surface area contributed by atoms with Crippen LogP contribution in [0, 0.1) is 12.3 Å². The summed E-state index contributed by atoms with van der Waals surface area (Å²) >= 11 is 0. The number of aryl methyl sites for hydroxylation is 1. The molecule has 1 saturated heterocycles. The topological polar surface area (TPSA) is 75.4 Å². The predicted molar refractivity (Wildman–Crippen MR) is 84.6 cm³/mol. The summed E-state index contributed by atoms with van der Waals surface area (Å²) in [5.74, 6) is -0.991. The van der Waals surface area contributed by atoms with Gasteiger partial charge in [-0.2, -0.15) is 5.10 Å². The van der Waals surface area contributed by atoms with Gasteiger partial charge in [-0.25, -0.2) is 4.68 Å². The summed E-state index contributed by atoms with van der Waals surface area (Å²) in [4.78, 5) is 25.6. The molecule has 1 atom stereocenters. The third kappa shape index (κ3) is 2.84. The van der Waals surface area contributed by atoms with Crippen LogP contribution in [0.25, 0.3) is 5.69 Å². The molecule has 1 aliphatic heterocycles. The summed E-state index contributed by atoms with van der Waals surface area (Å²) in [5.41, 5.74) is 1.40. The van der Waals surface area contributed by atoms with Gasteiger partial charge in [0, 0.05) is 24.8 Å². The quantitative estimate of drug-likeness (QED) is 0.942. The van der Waals surface area contributed by atoms with E-state index in [-0.39, 0.29) is 12.5 Å². The van der Waals surface area contributed by atoms with Gasteiger partial charge in [0.1, 0.15) is 0 Å². The molecular formula is C17H19N3O3. The summed E-state index contributed by atoms with van der Waals surface area (Å²) in [5, 5.41) is 13.6. The van der Waals surface area contributed by atoms with E-state index in [0.717, 1.165) is 11.4 Å². The first-order chi connectivity index (χ1) is 10.9. The van der Waals surface area contributed by atoms with Gasteiger partial charge >= 0.3 is 5.97 Å². The Morgan fingerprint density at radius 3 is 2.70 bits per heavy atom. The van der Waals surface area contributed by atoms with Crippen LogP contribution in [-0.4, -0.2) is 44.8 Å². The molecular weight excluding hydrogens is 294 g/mol. The molecule has 0 radical (unpaired) electrons. The fourth-order valence-electron chi connectivity index (χ4n) is 2.83. The van der Waals surface area contributed by atoms with Gasteiger partial charge in [-0.15, -0.1) is 0 Å². The van der Waals surface area contributed by atoms with Crippen molar-refractivity contribution in [1.82, 2.24) is 14.7 Å². The van der Waals surface area contributed by atoms with E-state index >= 15 is 0 Å². The van der Waals surface area contributed by atoms with E-state index in [4.69, 9.17) is 0 Å². The van der Waals surface area contributed by atoms with Crippen LogP contribution in [0.3, 0.4) is 0 Å². The number of aliphatic carboxylic acids is 1. The van der Waals surface area contributed by atoms with Gasteiger partial charge in [0.2, 0.25) is 0 Å². The highest BCUT2D eigenvalue weighted by Crippen LogP contribution is 2.31. The molecule has 1 amide bonds. The zero-order valence-electron chi connectivity index (χ0n) is 13.2. The molecule has 3 rings (SSSR count). The summed E-state index contributed by atoms with van der Waals surface area (Å²) in [7, 11) is 0. The number of rotatable bonds is 3. The number of amides is 1. The second-order valence-corrected chi connectivity index (χ2v) is 6.29. The molecule has 23 heavy (non-hydrogen) atoms. The molecule has 1 unspecified atom stereocenters. The van der Waals surface area contributed by atoms with Gasteiger partial charge < -0.3 is 10.0 Å². The van der Waals surface area contributed by atoms with E-state index < -0.39 is 11.4 Å². The van der Waals surface area contributed by atoms with E-state index in [1.54, 1.807) is 28.6 Å². The molecule has 6 nitrogen and oxygen atoms in total. The monoisotopic (exact) mass is 313 g/mol. The second-order valence-electron chi connectivity index (χ2n) is 6.29. The highest BCUT2D eigenvalue weighted by Gasteiger charge is 2.42. The van der Waals surface area contributed by atoms with Crippen molar-refractivity contribution in [3.05, 3.63) is 47.8 Å². The minimum absolute atomic E-state index is 0.138. The number of aromatic nitrogens is 2. The zero-order valence-corrected chi connectivity index (χ0v) is 13.2. The molecule has 0 bridgehead atoms. The maximum Gasteiger partial charge on any atom is 0.311 e. The Morgan fingerprint density at radius 1 is 1.30 bits per heavy atom. The Labute approximate surface area is 134 Å². The second kappa shape index (κ2) is 5.53. The van der Waals surface area contributed by atoms with E-state index in [1.165, 1.54) is 0 Å². The van der Waals surface area contributed by atoms with Crippen LogP contribution >= 0.6 is 0 Å². The smallest absolute Gasteiger partial charge is 0.311 e. The normalized spacial score (nSPS) is 20.7. The molecule has 1 N–H and O–H groups in total. The average molecular weight is 313 g/mol. The van der Waals surface area contributed by atoms with Crippen molar-refractivity contribution in [2.75, 3.05) is 13.1 Å². The number of carbonyl (C=O) groups excluding carboxylic acids is 1. The number of carbonyl (C=O) groups is 2. The van der Waals surface area contributed by atoms with Gasteiger partial charge in [0.15, 0.2) is 0 Å². The van der Waals surface area contributed by atoms with Crippen LogP contribution in [0.1, 0.15) is 29.4 Å². The van der Waals surface area contributed by atoms with Crippen molar-refractivity contribution in [2.45, 2.75) is 20.3 Å². The Balaban J connectivity index is 1.82. The lowest BCUT2D eigenvalue weighted by molar-refractivity contribution is -0.147. The fraction of sp³-hybridized carbons (Fsp3) is 0.353. The Morgan fingerprint density at radius 2 is 2.09 bits per heavy atom. The number of benzene rings is 1. The van der Waals surface area contributed by atoms with E-state index in [2.05, 4.69) is 5.10 Å². The number of carboxylic acids is 1. The van der Waals surface area contributed by atoms with Gasteiger partial charge in [-0.1, -0.05) is 6.07 Å². The first-order valence-corrected chi connectivity index (χ1v) is 7.54. The Bertz CT molecular complexity index is 768. The number of likely N-dealkylation sites (tertiary alicyclic amines) is 1. The highest BCUT2D eigenvalue weighted by atomic mass is 16.4. The maximum absolute atomic E-state index is 12.6. The Kier molecular flexibility index (Phi) is 3.67. The standard InChI is InChI=1S/C17H19N3O3/c1-12-6-8-20(18-12)14-5-3-4-13(10-14)15(21)19-9-7-17(2,11-19)16(22)23/h3-6,8,10H,7,9,11H2,1-2H3,(H,22,23). The van der Waals surface area contributed by atoms with Gasteiger partial charge in [-0.3, -0.25) is 9.59 Å². The zero-order chi connectivity index (χ0) is 16.6. The molecule has 1 fully saturated rings. The van der Waals surface area contributed by atoms with E-state index in [1.807, 2.05) is 31.3 Å². The first-order valence-electron chi connectivity index (χ1n) is 7.54. The molecule has 0 aliphatic carbocycles. The molecule has 1 aromatic heterocycles.